The molecule has 5 nitrogen and oxygen atoms in total. The maximum atomic E-state index is 13.9. The van der Waals surface area contributed by atoms with E-state index in [1.165, 1.54) is 0 Å². The van der Waals surface area contributed by atoms with Crippen LogP contribution >= 0.6 is 0 Å². The number of anilines is 1. The predicted molar refractivity (Wildman–Crippen MR) is 106 cm³/mol. The average Bonchev–Trinajstić information content (AvgIpc) is 2.71. The highest BCUT2D eigenvalue weighted by Crippen LogP contribution is 2.19. The third-order valence-corrected chi connectivity index (χ3v) is 5.72. The zero-order valence-electron chi connectivity index (χ0n) is 15.5. The van der Waals surface area contributed by atoms with Crippen molar-refractivity contribution in [2.45, 2.75) is 17.4 Å². The lowest BCUT2D eigenvalue weighted by molar-refractivity contribution is -0.117. The molecule has 0 aromatic heterocycles. The number of benzene rings is 3. The summed E-state index contributed by atoms with van der Waals surface area (Å²) in [5, 5.41) is 2.11. The molecule has 156 valence electrons. The Morgan fingerprint density at radius 2 is 1.43 bits per heavy atom. The molecule has 0 aliphatic rings. The lowest BCUT2D eigenvalue weighted by atomic mass is 10.1. The first-order valence-electron chi connectivity index (χ1n) is 8.83. The lowest BCUT2D eigenvalue weighted by Gasteiger charge is -2.19. The third-order valence-electron chi connectivity index (χ3n) is 4.23. The van der Waals surface area contributed by atoms with Gasteiger partial charge in [0.2, 0.25) is 15.9 Å². The highest BCUT2D eigenvalue weighted by atomic mass is 32.2. The number of amides is 1. The number of halogens is 3. The molecule has 0 saturated carbocycles. The standard InChI is InChI=1S/C21H17F3N2O3S/c22-15-9-11-16(12-10-15)30(28,29)26-19(13-14-5-2-1-3-6-14)21(27)25-20-17(23)7-4-8-18(20)24/h1-12,19,26H,13H2,(H,25,27). The van der Waals surface area contributed by atoms with E-state index in [2.05, 4.69) is 10.0 Å². The van der Waals surface area contributed by atoms with Gasteiger partial charge in [-0.15, -0.1) is 0 Å². The van der Waals surface area contributed by atoms with Gasteiger partial charge in [-0.3, -0.25) is 4.79 Å². The van der Waals surface area contributed by atoms with Gasteiger partial charge in [0.1, 0.15) is 29.2 Å². The SMILES string of the molecule is O=C(Nc1c(F)cccc1F)C(Cc1ccccc1)NS(=O)(=O)c1ccc(F)cc1. The van der Waals surface area contributed by atoms with Gasteiger partial charge in [-0.25, -0.2) is 21.6 Å². The molecule has 1 unspecified atom stereocenters. The Morgan fingerprint density at radius 3 is 2.03 bits per heavy atom. The van der Waals surface area contributed by atoms with Crippen molar-refractivity contribution in [3.8, 4) is 0 Å². The zero-order valence-corrected chi connectivity index (χ0v) is 16.3. The molecule has 0 radical (unpaired) electrons. The van der Waals surface area contributed by atoms with Crippen LogP contribution in [0, 0.1) is 17.5 Å². The van der Waals surface area contributed by atoms with E-state index in [0.29, 0.717) is 5.56 Å². The molecular weight excluding hydrogens is 417 g/mol. The topological polar surface area (TPSA) is 75.3 Å². The number of carbonyl (C=O) groups excluding carboxylic acids is 1. The van der Waals surface area contributed by atoms with E-state index in [1.807, 2.05) is 0 Å². The molecule has 3 aromatic rings. The average molecular weight is 434 g/mol. The summed E-state index contributed by atoms with van der Waals surface area (Å²) in [6.45, 7) is 0. The van der Waals surface area contributed by atoms with Gasteiger partial charge in [0.05, 0.1) is 4.90 Å². The highest BCUT2D eigenvalue weighted by molar-refractivity contribution is 7.89. The van der Waals surface area contributed by atoms with Gasteiger partial charge in [0.25, 0.3) is 0 Å². The van der Waals surface area contributed by atoms with Crippen LogP contribution in [-0.2, 0) is 21.2 Å². The molecule has 0 fully saturated rings. The number of para-hydroxylation sites is 1. The van der Waals surface area contributed by atoms with E-state index in [0.717, 1.165) is 42.5 Å². The minimum absolute atomic E-state index is 0.0802. The summed E-state index contributed by atoms with van der Waals surface area (Å²) in [4.78, 5) is 12.5. The maximum absolute atomic E-state index is 13.9. The van der Waals surface area contributed by atoms with Crippen LogP contribution in [0.4, 0.5) is 18.9 Å². The van der Waals surface area contributed by atoms with Gasteiger partial charge in [-0.1, -0.05) is 36.4 Å². The quantitative estimate of drug-likeness (QED) is 0.596. The fraction of sp³-hybridized carbons (Fsp3) is 0.0952. The Hall–Kier alpha value is -3.17. The fourth-order valence-corrected chi connectivity index (χ4v) is 3.93. The minimum atomic E-state index is -4.22. The first-order valence-corrected chi connectivity index (χ1v) is 10.3. The molecule has 9 heteroatoms. The second-order valence-electron chi connectivity index (χ2n) is 6.40. The first kappa shape index (κ1) is 21.5. The van der Waals surface area contributed by atoms with E-state index in [4.69, 9.17) is 0 Å². The fourth-order valence-electron chi connectivity index (χ4n) is 2.73. The molecule has 0 aliphatic carbocycles. The second-order valence-corrected chi connectivity index (χ2v) is 8.12. The van der Waals surface area contributed by atoms with E-state index in [-0.39, 0.29) is 11.3 Å². The molecule has 0 spiro atoms. The Morgan fingerprint density at radius 1 is 0.833 bits per heavy atom. The number of rotatable bonds is 7. The third kappa shape index (κ3) is 5.25. The summed E-state index contributed by atoms with van der Waals surface area (Å²) in [5.74, 6) is -3.57. The van der Waals surface area contributed by atoms with Crippen molar-refractivity contribution in [1.82, 2.24) is 4.72 Å². The number of sulfonamides is 1. The van der Waals surface area contributed by atoms with E-state index in [9.17, 15) is 26.4 Å². The largest absolute Gasteiger partial charge is 0.320 e. The summed E-state index contributed by atoms with van der Waals surface area (Å²) in [7, 11) is -4.22. The monoisotopic (exact) mass is 434 g/mol. The molecule has 0 saturated heterocycles. The molecular formula is C21H17F3N2O3S. The van der Waals surface area contributed by atoms with Gasteiger partial charge >= 0.3 is 0 Å². The molecule has 1 amide bonds. The van der Waals surface area contributed by atoms with Crippen LogP contribution in [0.3, 0.4) is 0 Å². The normalized spacial score (nSPS) is 12.4. The van der Waals surface area contributed by atoms with Crippen molar-refractivity contribution in [2.75, 3.05) is 5.32 Å². The second kappa shape index (κ2) is 9.10. The zero-order chi connectivity index (χ0) is 21.7. The first-order chi connectivity index (χ1) is 14.3. The van der Waals surface area contributed by atoms with Crippen molar-refractivity contribution in [2.24, 2.45) is 0 Å². The number of hydrogen-bond donors (Lipinski definition) is 2. The van der Waals surface area contributed by atoms with Crippen LogP contribution in [-0.4, -0.2) is 20.4 Å². The Bertz CT molecular complexity index is 1120. The van der Waals surface area contributed by atoms with E-state index >= 15 is 0 Å². The molecule has 3 aromatic carbocycles. The number of hydrogen-bond acceptors (Lipinski definition) is 3. The molecule has 3 rings (SSSR count). The summed E-state index contributed by atoms with van der Waals surface area (Å²) < 4.78 is 68.5. The van der Waals surface area contributed by atoms with Crippen LogP contribution in [0.25, 0.3) is 0 Å². The van der Waals surface area contributed by atoms with E-state index in [1.54, 1.807) is 30.3 Å². The number of nitrogens with one attached hydrogen (secondary N) is 2. The van der Waals surface area contributed by atoms with Crippen molar-refractivity contribution in [3.05, 3.63) is 95.8 Å². The molecule has 1 atom stereocenters. The highest BCUT2D eigenvalue weighted by Gasteiger charge is 2.27. The van der Waals surface area contributed by atoms with Gasteiger partial charge < -0.3 is 5.32 Å². The van der Waals surface area contributed by atoms with E-state index < -0.39 is 45.1 Å². The van der Waals surface area contributed by atoms with Crippen LogP contribution in [0.2, 0.25) is 0 Å². The van der Waals surface area contributed by atoms with Crippen molar-refractivity contribution in [1.29, 1.82) is 0 Å². The smallest absolute Gasteiger partial charge is 0.243 e. The Balaban J connectivity index is 1.90. The van der Waals surface area contributed by atoms with Crippen molar-refractivity contribution in [3.63, 3.8) is 0 Å². The summed E-state index contributed by atoms with van der Waals surface area (Å²) in [6.07, 6.45) is -0.0802. The number of carbonyl (C=O) groups is 1. The Kier molecular flexibility index (Phi) is 6.53. The van der Waals surface area contributed by atoms with Crippen LogP contribution < -0.4 is 10.0 Å². The molecule has 2 N–H and O–H groups in total. The van der Waals surface area contributed by atoms with Gasteiger partial charge in [-0.2, -0.15) is 4.72 Å². The van der Waals surface area contributed by atoms with Gasteiger partial charge in [0, 0.05) is 0 Å². The summed E-state index contributed by atoms with van der Waals surface area (Å²) in [5.41, 5.74) is -0.0602. The molecule has 30 heavy (non-hydrogen) atoms. The lowest BCUT2D eigenvalue weighted by Crippen LogP contribution is -2.45. The molecule has 0 bridgehead atoms. The minimum Gasteiger partial charge on any atom is -0.320 e. The van der Waals surface area contributed by atoms with Crippen LogP contribution in [0.5, 0.6) is 0 Å². The summed E-state index contributed by atoms with van der Waals surface area (Å²) >= 11 is 0. The van der Waals surface area contributed by atoms with Crippen molar-refractivity contribution < 1.29 is 26.4 Å². The summed E-state index contributed by atoms with van der Waals surface area (Å²) in [6, 6.07) is 14.2. The maximum Gasteiger partial charge on any atom is 0.243 e. The van der Waals surface area contributed by atoms with Gasteiger partial charge in [0.15, 0.2) is 0 Å². The Labute approximate surface area is 171 Å². The van der Waals surface area contributed by atoms with Gasteiger partial charge in [-0.05, 0) is 48.4 Å². The van der Waals surface area contributed by atoms with Crippen LogP contribution in [0.1, 0.15) is 5.56 Å². The molecule has 0 heterocycles. The van der Waals surface area contributed by atoms with Crippen molar-refractivity contribution >= 4 is 21.6 Å². The molecule has 0 aliphatic heterocycles. The predicted octanol–water partition coefficient (Wildman–Crippen LogP) is 3.63. The van der Waals surface area contributed by atoms with Crippen LogP contribution in [0.15, 0.2) is 77.7 Å².